The molecule has 1 saturated heterocycles. The van der Waals surface area contributed by atoms with Crippen LogP contribution in [-0.4, -0.2) is 28.7 Å². The predicted octanol–water partition coefficient (Wildman–Crippen LogP) is 3.15. The van der Waals surface area contributed by atoms with E-state index >= 15 is 0 Å². The molecule has 0 unspecified atom stereocenters. The van der Waals surface area contributed by atoms with Gasteiger partial charge < -0.3 is 9.64 Å². The van der Waals surface area contributed by atoms with Crippen LogP contribution in [-0.2, 0) is 6.42 Å². The van der Waals surface area contributed by atoms with Gasteiger partial charge in [-0.3, -0.25) is 0 Å². The van der Waals surface area contributed by atoms with Crippen molar-refractivity contribution in [1.82, 2.24) is 9.97 Å². The Balaban J connectivity index is 1.48. The summed E-state index contributed by atoms with van der Waals surface area (Å²) in [7, 11) is 0. The minimum absolute atomic E-state index is 0.0208. The lowest BCUT2D eigenvalue weighted by atomic mass is 9.83. The fraction of sp³-hybridized carbons (Fsp3) is 0.444. The van der Waals surface area contributed by atoms with Crippen molar-refractivity contribution in [3.63, 3.8) is 0 Å². The van der Waals surface area contributed by atoms with Crippen LogP contribution in [0.2, 0.25) is 0 Å². The van der Waals surface area contributed by atoms with E-state index in [1.54, 1.807) is 6.33 Å². The largest absolute Gasteiger partial charge is 0.487 e. The van der Waals surface area contributed by atoms with Crippen molar-refractivity contribution in [2.45, 2.75) is 38.2 Å². The number of rotatable bonds is 1. The minimum atomic E-state index is 0.0208. The number of hydrogen-bond donors (Lipinski definition) is 0. The van der Waals surface area contributed by atoms with E-state index in [4.69, 9.17) is 4.74 Å². The maximum atomic E-state index is 6.41. The molecule has 4 heteroatoms. The summed E-state index contributed by atoms with van der Waals surface area (Å²) in [6, 6.07) is 10.5. The van der Waals surface area contributed by atoms with Gasteiger partial charge in [0.2, 0.25) is 0 Å². The van der Waals surface area contributed by atoms with Gasteiger partial charge in [0.25, 0.3) is 0 Å². The molecule has 4 nitrogen and oxygen atoms in total. The average molecular weight is 295 g/mol. The van der Waals surface area contributed by atoms with Crippen molar-refractivity contribution in [2.75, 3.05) is 18.0 Å². The third-order valence-electron chi connectivity index (χ3n) is 4.94. The Morgan fingerprint density at radius 1 is 1.09 bits per heavy atom. The number of fused-ring (bicyclic) bond motifs is 1. The zero-order valence-corrected chi connectivity index (χ0v) is 13.0. The zero-order chi connectivity index (χ0) is 15.0. The summed E-state index contributed by atoms with van der Waals surface area (Å²) in [4.78, 5) is 10.9. The molecule has 22 heavy (non-hydrogen) atoms. The molecule has 0 saturated carbocycles. The number of aromatic nitrogens is 2. The molecule has 0 bridgehead atoms. The van der Waals surface area contributed by atoms with E-state index in [0.29, 0.717) is 0 Å². The molecule has 0 amide bonds. The second kappa shape index (κ2) is 5.27. The van der Waals surface area contributed by atoms with Crippen molar-refractivity contribution in [3.8, 4) is 5.75 Å². The number of para-hydroxylation sites is 1. The Morgan fingerprint density at radius 2 is 1.91 bits per heavy atom. The molecular weight excluding hydrogens is 274 g/mol. The molecule has 4 rings (SSSR count). The second-order valence-electron chi connectivity index (χ2n) is 6.40. The fourth-order valence-electron chi connectivity index (χ4n) is 3.57. The van der Waals surface area contributed by atoms with Crippen LogP contribution in [0.25, 0.3) is 0 Å². The summed E-state index contributed by atoms with van der Waals surface area (Å²) in [6.45, 7) is 4.01. The number of nitrogens with zero attached hydrogens (tertiary/aromatic N) is 3. The van der Waals surface area contributed by atoms with E-state index < -0.39 is 0 Å². The molecule has 2 aliphatic rings. The lowest BCUT2D eigenvalue weighted by Gasteiger charge is -2.44. The molecule has 1 aromatic heterocycles. The van der Waals surface area contributed by atoms with Crippen LogP contribution in [0, 0.1) is 6.92 Å². The third-order valence-corrected chi connectivity index (χ3v) is 4.94. The van der Waals surface area contributed by atoms with Gasteiger partial charge >= 0.3 is 0 Å². The summed E-state index contributed by atoms with van der Waals surface area (Å²) in [6.07, 6.45) is 6.03. The summed E-state index contributed by atoms with van der Waals surface area (Å²) in [5, 5.41) is 0. The molecule has 0 N–H and O–H groups in total. The van der Waals surface area contributed by atoms with Crippen LogP contribution in [0.5, 0.6) is 5.75 Å². The van der Waals surface area contributed by atoms with Gasteiger partial charge in [0, 0.05) is 37.7 Å². The van der Waals surface area contributed by atoms with E-state index in [0.717, 1.165) is 56.0 Å². The number of ether oxygens (including phenoxy) is 1. The lowest BCUT2D eigenvalue weighted by molar-refractivity contribution is 0.0225. The number of benzene rings is 1. The smallest absolute Gasteiger partial charge is 0.132 e. The summed E-state index contributed by atoms with van der Waals surface area (Å²) < 4.78 is 6.41. The Kier molecular flexibility index (Phi) is 3.25. The van der Waals surface area contributed by atoms with Crippen LogP contribution in [0.3, 0.4) is 0 Å². The molecule has 3 heterocycles. The first-order valence-electron chi connectivity index (χ1n) is 8.05. The van der Waals surface area contributed by atoms with Gasteiger partial charge in [0.05, 0.1) is 0 Å². The summed E-state index contributed by atoms with van der Waals surface area (Å²) in [5.74, 6) is 2.12. The van der Waals surface area contributed by atoms with Crippen molar-refractivity contribution in [3.05, 3.63) is 47.9 Å². The molecule has 0 radical (unpaired) electrons. The first kappa shape index (κ1) is 13.6. The van der Waals surface area contributed by atoms with E-state index in [9.17, 15) is 0 Å². The van der Waals surface area contributed by atoms with Gasteiger partial charge in [-0.05, 0) is 31.4 Å². The highest BCUT2D eigenvalue weighted by atomic mass is 16.5. The molecule has 2 aromatic rings. The van der Waals surface area contributed by atoms with Gasteiger partial charge in [-0.1, -0.05) is 18.2 Å². The van der Waals surface area contributed by atoms with E-state index in [2.05, 4.69) is 45.2 Å². The van der Waals surface area contributed by atoms with E-state index in [1.807, 2.05) is 6.92 Å². The highest BCUT2D eigenvalue weighted by Crippen LogP contribution is 2.39. The first-order valence-corrected chi connectivity index (χ1v) is 8.05. The maximum Gasteiger partial charge on any atom is 0.132 e. The van der Waals surface area contributed by atoms with Gasteiger partial charge in [-0.2, -0.15) is 0 Å². The topological polar surface area (TPSA) is 38.2 Å². The lowest BCUT2D eigenvalue weighted by Crippen LogP contribution is -2.50. The molecule has 2 aliphatic heterocycles. The van der Waals surface area contributed by atoms with Crippen LogP contribution in [0.1, 0.15) is 30.5 Å². The SMILES string of the molecule is Cc1cc(N2CCC3(CCc4ccccc4O3)CC2)ncn1. The molecule has 1 spiro atoms. The minimum Gasteiger partial charge on any atom is -0.487 e. The van der Waals surface area contributed by atoms with Crippen LogP contribution >= 0.6 is 0 Å². The van der Waals surface area contributed by atoms with Crippen molar-refractivity contribution in [1.29, 1.82) is 0 Å². The quantitative estimate of drug-likeness (QED) is 0.810. The average Bonchev–Trinajstić information content (AvgIpc) is 2.55. The fourth-order valence-corrected chi connectivity index (χ4v) is 3.57. The normalized spacial score (nSPS) is 19.6. The molecule has 114 valence electrons. The Hall–Kier alpha value is -2.10. The molecule has 0 aliphatic carbocycles. The first-order chi connectivity index (χ1) is 10.7. The third kappa shape index (κ3) is 2.43. The maximum absolute atomic E-state index is 6.41. The van der Waals surface area contributed by atoms with Crippen LogP contribution in [0.4, 0.5) is 5.82 Å². The molecule has 0 atom stereocenters. The Morgan fingerprint density at radius 3 is 2.73 bits per heavy atom. The van der Waals surface area contributed by atoms with E-state index in [-0.39, 0.29) is 5.60 Å². The van der Waals surface area contributed by atoms with E-state index in [1.165, 1.54) is 5.56 Å². The van der Waals surface area contributed by atoms with Gasteiger partial charge in [-0.25, -0.2) is 9.97 Å². The molecular formula is C18H21N3O. The van der Waals surface area contributed by atoms with Crippen molar-refractivity contribution < 1.29 is 4.74 Å². The molecule has 1 fully saturated rings. The Labute approximate surface area is 131 Å². The number of aryl methyl sites for hydroxylation is 2. The zero-order valence-electron chi connectivity index (χ0n) is 13.0. The summed E-state index contributed by atoms with van der Waals surface area (Å²) in [5.41, 5.74) is 2.39. The number of anilines is 1. The van der Waals surface area contributed by atoms with Crippen LogP contribution < -0.4 is 9.64 Å². The summed E-state index contributed by atoms with van der Waals surface area (Å²) >= 11 is 0. The Bertz CT molecular complexity index is 678. The van der Waals surface area contributed by atoms with Crippen molar-refractivity contribution >= 4 is 5.82 Å². The van der Waals surface area contributed by atoms with Gasteiger partial charge in [-0.15, -0.1) is 0 Å². The van der Waals surface area contributed by atoms with Crippen molar-refractivity contribution in [2.24, 2.45) is 0 Å². The number of piperidine rings is 1. The molecule has 1 aromatic carbocycles. The predicted molar refractivity (Wildman–Crippen MR) is 86.3 cm³/mol. The highest BCUT2D eigenvalue weighted by molar-refractivity contribution is 5.41. The van der Waals surface area contributed by atoms with Gasteiger partial charge in [0.1, 0.15) is 23.5 Å². The van der Waals surface area contributed by atoms with Crippen LogP contribution in [0.15, 0.2) is 36.7 Å². The van der Waals surface area contributed by atoms with Gasteiger partial charge in [0.15, 0.2) is 0 Å². The second-order valence-corrected chi connectivity index (χ2v) is 6.40. The standard InChI is InChI=1S/C18H21N3O/c1-14-12-17(20-13-19-14)21-10-8-18(9-11-21)7-6-15-4-2-3-5-16(15)22-18/h2-5,12-13H,6-11H2,1H3. The monoisotopic (exact) mass is 295 g/mol. The number of hydrogen-bond acceptors (Lipinski definition) is 4. The highest BCUT2D eigenvalue weighted by Gasteiger charge is 2.39.